The second-order valence-electron chi connectivity index (χ2n) is 7.34. The van der Waals surface area contributed by atoms with Gasteiger partial charge in [0.05, 0.1) is 18.5 Å². The summed E-state index contributed by atoms with van der Waals surface area (Å²) in [6.45, 7) is 8.80. The molecule has 2 atom stereocenters. The van der Waals surface area contributed by atoms with Crippen molar-refractivity contribution >= 4 is 35.6 Å². The van der Waals surface area contributed by atoms with Gasteiger partial charge in [0.2, 0.25) is 0 Å². The van der Waals surface area contributed by atoms with Gasteiger partial charge in [0, 0.05) is 44.2 Å². The fourth-order valence-corrected chi connectivity index (χ4v) is 3.92. The van der Waals surface area contributed by atoms with Crippen LogP contribution in [0.1, 0.15) is 36.3 Å². The van der Waals surface area contributed by atoms with Crippen LogP contribution in [0.2, 0.25) is 0 Å². The summed E-state index contributed by atoms with van der Waals surface area (Å²) in [5.74, 6) is 2.92. The molecule has 1 fully saturated rings. The number of benzene rings is 1. The van der Waals surface area contributed by atoms with Crippen molar-refractivity contribution in [2.45, 2.75) is 39.2 Å². The molecular formula is C21H32IN5O2. The lowest BCUT2D eigenvalue weighted by molar-refractivity contribution is 0.391. The molecule has 2 heterocycles. The third-order valence-corrected chi connectivity index (χ3v) is 5.34. The highest BCUT2D eigenvalue weighted by Crippen LogP contribution is 2.30. The first kappa shape index (κ1) is 23.3. The van der Waals surface area contributed by atoms with Gasteiger partial charge in [0.1, 0.15) is 11.5 Å². The third-order valence-electron chi connectivity index (χ3n) is 5.34. The van der Waals surface area contributed by atoms with Gasteiger partial charge < -0.3 is 24.8 Å². The molecule has 1 aliphatic rings. The van der Waals surface area contributed by atoms with Crippen molar-refractivity contribution in [2.24, 2.45) is 4.99 Å². The number of aryl methyl sites for hydroxylation is 2. The molecule has 0 spiro atoms. The van der Waals surface area contributed by atoms with Crippen LogP contribution in [-0.4, -0.2) is 50.9 Å². The smallest absolute Gasteiger partial charge is 0.191 e. The molecule has 1 saturated heterocycles. The van der Waals surface area contributed by atoms with Crippen LogP contribution < -0.4 is 20.3 Å². The van der Waals surface area contributed by atoms with E-state index in [9.17, 15) is 0 Å². The number of methoxy groups -OCH3 is 1. The highest BCUT2D eigenvalue weighted by atomic mass is 127. The summed E-state index contributed by atoms with van der Waals surface area (Å²) in [6, 6.07) is 8.51. The zero-order valence-corrected chi connectivity index (χ0v) is 20.2. The van der Waals surface area contributed by atoms with Gasteiger partial charge >= 0.3 is 0 Å². The number of aliphatic imine (C=N–C) groups is 1. The van der Waals surface area contributed by atoms with Gasteiger partial charge in [-0.15, -0.1) is 24.0 Å². The molecule has 0 bridgehead atoms. The number of hydrogen-bond acceptors (Lipinski definition) is 5. The summed E-state index contributed by atoms with van der Waals surface area (Å²) < 4.78 is 10.8. The molecule has 3 rings (SSSR count). The SMILES string of the molecule is CN=C(NCC(C)c1c(C)noc1C)NC1CCN(c2ccccc2OC)C1.I. The normalized spacial score (nSPS) is 17.6. The number of para-hydroxylation sites is 2. The van der Waals surface area contributed by atoms with Crippen LogP contribution >= 0.6 is 24.0 Å². The molecule has 2 N–H and O–H groups in total. The lowest BCUT2D eigenvalue weighted by Crippen LogP contribution is -2.45. The first-order valence-electron chi connectivity index (χ1n) is 9.81. The minimum absolute atomic E-state index is 0. The molecule has 1 aromatic heterocycles. The van der Waals surface area contributed by atoms with Crippen molar-refractivity contribution in [1.29, 1.82) is 0 Å². The molecule has 0 aliphatic carbocycles. The van der Waals surface area contributed by atoms with Crippen molar-refractivity contribution in [3.8, 4) is 5.75 Å². The monoisotopic (exact) mass is 513 g/mol. The maximum Gasteiger partial charge on any atom is 0.191 e. The number of nitrogens with one attached hydrogen (secondary N) is 2. The summed E-state index contributed by atoms with van der Waals surface area (Å²) in [5, 5.41) is 11.0. The van der Waals surface area contributed by atoms with Crippen molar-refractivity contribution in [2.75, 3.05) is 38.7 Å². The van der Waals surface area contributed by atoms with Crippen LogP contribution in [0.15, 0.2) is 33.8 Å². The van der Waals surface area contributed by atoms with Gasteiger partial charge in [-0.05, 0) is 32.4 Å². The van der Waals surface area contributed by atoms with Crippen molar-refractivity contribution < 1.29 is 9.26 Å². The predicted octanol–water partition coefficient (Wildman–Crippen LogP) is 3.47. The number of anilines is 1. The van der Waals surface area contributed by atoms with Crippen LogP contribution in [-0.2, 0) is 0 Å². The van der Waals surface area contributed by atoms with Crippen LogP contribution in [0.3, 0.4) is 0 Å². The number of aromatic nitrogens is 1. The van der Waals surface area contributed by atoms with E-state index in [1.165, 1.54) is 5.56 Å². The molecular weight excluding hydrogens is 481 g/mol. The fraction of sp³-hybridized carbons (Fsp3) is 0.524. The molecule has 2 aromatic rings. The largest absolute Gasteiger partial charge is 0.495 e. The van der Waals surface area contributed by atoms with E-state index in [1.807, 2.05) is 33.0 Å². The maximum absolute atomic E-state index is 5.50. The first-order valence-corrected chi connectivity index (χ1v) is 9.81. The average Bonchev–Trinajstić information content (AvgIpc) is 3.31. The zero-order valence-electron chi connectivity index (χ0n) is 17.9. The Morgan fingerprint density at radius 3 is 2.79 bits per heavy atom. The fourth-order valence-electron chi connectivity index (χ4n) is 3.92. The van der Waals surface area contributed by atoms with E-state index in [4.69, 9.17) is 9.26 Å². The van der Waals surface area contributed by atoms with Crippen molar-refractivity contribution in [3.63, 3.8) is 0 Å². The minimum atomic E-state index is 0. The molecule has 0 amide bonds. The second-order valence-corrected chi connectivity index (χ2v) is 7.34. The standard InChI is InChI=1S/C21H31N5O2.HI/c1-14(20-15(2)25-28-16(20)3)12-23-21(22-4)24-17-10-11-26(13-17)18-8-6-7-9-19(18)27-5;/h6-9,14,17H,10-13H2,1-5H3,(H2,22,23,24);1H. The van der Waals surface area contributed by atoms with Gasteiger partial charge in [-0.1, -0.05) is 24.2 Å². The lowest BCUT2D eigenvalue weighted by atomic mass is 10.00. The van der Waals surface area contributed by atoms with Gasteiger partial charge in [0.25, 0.3) is 0 Å². The van der Waals surface area contributed by atoms with E-state index in [2.05, 4.69) is 44.7 Å². The van der Waals surface area contributed by atoms with Crippen LogP contribution in [0.4, 0.5) is 5.69 Å². The Labute approximate surface area is 190 Å². The van der Waals surface area contributed by atoms with Gasteiger partial charge in [-0.3, -0.25) is 4.99 Å². The molecule has 2 unspecified atom stereocenters. The quantitative estimate of drug-likeness (QED) is 0.350. The summed E-state index contributed by atoms with van der Waals surface area (Å²) in [5.41, 5.74) is 3.27. The number of nitrogens with zero attached hydrogens (tertiary/aromatic N) is 3. The average molecular weight is 513 g/mol. The predicted molar refractivity (Wildman–Crippen MR) is 128 cm³/mol. The molecule has 1 aliphatic heterocycles. The van der Waals surface area contributed by atoms with Crippen LogP contribution in [0.5, 0.6) is 5.75 Å². The molecule has 29 heavy (non-hydrogen) atoms. The second kappa shape index (κ2) is 10.7. The Bertz CT molecular complexity index is 804. The Morgan fingerprint density at radius 1 is 1.38 bits per heavy atom. The van der Waals surface area contributed by atoms with E-state index in [1.54, 1.807) is 7.11 Å². The van der Waals surface area contributed by atoms with Crippen LogP contribution in [0.25, 0.3) is 0 Å². The highest BCUT2D eigenvalue weighted by Gasteiger charge is 2.25. The molecule has 1 aromatic carbocycles. The number of hydrogen-bond donors (Lipinski definition) is 2. The van der Waals surface area contributed by atoms with Gasteiger partial charge in [-0.25, -0.2) is 0 Å². The number of guanidine groups is 1. The Kier molecular flexibility index (Phi) is 8.60. The van der Waals surface area contributed by atoms with E-state index in [0.29, 0.717) is 12.0 Å². The molecule has 8 heteroatoms. The Balaban J connectivity index is 0.00000300. The minimum Gasteiger partial charge on any atom is -0.495 e. The highest BCUT2D eigenvalue weighted by molar-refractivity contribution is 14.0. The number of rotatable bonds is 6. The third kappa shape index (κ3) is 5.55. The van der Waals surface area contributed by atoms with Crippen molar-refractivity contribution in [1.82, 2.24) is 15.8 Å². The zero-order chi connectivity index (χ0) is 20.1. The summed E-state index contributed by atoms with van der Waals surface area (Å²) in [7, 11) is 3.53. The first-order chi connectivity index (χ1) is 13.5. The summed E-state index contributed by atoms with van der Waals surface area (Å²) in [4.78, 5) is 6.75. The molecule has 7 nitrogen and oxygen atoms in total. The van der Waals surface area contributed by atoms with Crippen molar-refractivity contribution in [3.05, 3.63) is 41.3 Å². The lowest BCUT2D eigenvalue weighted by Gasteiger charge is -2.22. The van der Waals surface area contributed by atoms with E-state index in [0.717, 1.165) is 54.9 Å². The Hall–Kier alpha value is -1.97. The van der Waals surface area contributed by atoms with E-state index >= 15 is 0 Å². The van der Waals surface area contributed by atoms with Gasteiger partial charge in [0.15, 0.2) is 5.96 Å². The number of ether oxygens (including phenoxy) is 1. The van der Waals surface area contributed by atoms with Crippen LogP contribution in [0, 0.1) is 13.8 Å². The Morgan fingerprint density at radius 2 is 2.14 bits per heavy atom. The summed E-state index contributed by atoms with van der Waals surface area (Å²) >= 11 is 0. The topological polar surface area (TPSA) is 74.9 Å². The number of halogens is 1. The van der Waals surface area contributed by atoms with E-state index < -0.39 is 0 Å². The summed E-state index contributed by atoms with van der Waals surface area (Å²) in [6.07, 6.45) is 1.05. The maximum atomic E-state index is 5.50. The van der Waals surface area contributed by atoms with Gasteiger partial charge in [-0.2, -0.15) is 0 Å². The van der Waals surface area contributed by atoms with E-state index in [-0.39, 0.29) is 24.0 Å². The molecule has 0 radical (unpaired) electrons. The molecule has 0 saturated carbocycles. The molecule has 160 valence electrons.